The fourth-order valence-electron chi connectivity index (χ4n) is 3.90. The monoisotopic (exact) mass is 392 g/mol. The molecule has 0 fully saturated rings. The zero-order valence-electron chi connectivity index (χ0n) is 16.4. The van der Waals surface area contributed by atoms with E-state index in [1.54, 1.807) is 42.1 Å². The van der Waals surface area contributed by atoms with Crippen molar-refractivity contribution in [2.75, 3.05) is 5.32 Å². The first-order chi connectivity index (χ1) is 13.8. The summed E-state index contributed by atoms with van der Waals surface area (Å²) in [5, 5.41) is 10.1. The van der Waals surface area contributed by atoms with Gasteiger partial charge in [0.2, 0.25) is 5.91 Å². The van der Waals surface area contributed by atoms with Crippen LogP contribution in [0.3, 0.4) is 0 Å². The summed E-state index contributed by atoms with van der Waals surface area (Å²) < 4.78 is 15.1. The molecule has 1 aliphatic heterocycles. The van der Waals surface area contributed by atoms with Crippen LogP contribution in [0.15, 0.2) is 48.5 Å². The van der Waals surface area contributed by atoms with Crippen LogP contribution in [0.4, 0.5) is 10.2 Å². The Morgan fingerprint density at radius 3 is 2.59 bits per heavy atom. The highest BCUT2D eigenvalue weighted by Crippen LogP contribution is 2.39. The number of aromatic nitrogens is 2. The van der Waals surface area contributed by atoms with Crippen LogP contribution in [0.5, 0.6) is 0 Å². The molecule has 6 nitrogen and oxygen atoms in total. The summed E-state index contributed by atoms with van der Waals surface area (Å²) in [7, 11) is 1.75. The highest BCUT2D eigenvalue weighted by molar-refractivity contribution is 6.03. The molecule has 0 spiro atoms. The van der Waals surface area contributed by atoms with E-state index in [1.165, 1.54) is 12.1 Å². The van der Waals surface area contributed by atoms with E-state index in [1.807, 2.05) is 19.9 Å². The molecule has 2 amide bonds. The fourth-order valence-corrected chi connectivity index (χ4v) is 3.90. The minimum absolute atomic E-state index is 0.337. The summed E-state index contributed by atoms with van der Waals surface area (Å²) in [5.74, 6) is -0.941. The maximum Gasteiger partial charge on any atom is 0.251 e. The van der Waals surface area contributed by atoms with Crippen molar-refractivity contribution >= 4 is 17.6 Å². The van der Waals surface area contributed by atoms with Gasteiger partial charge in [0, 0.05) is 24.1 Å². The third-order valence-corrected chi connectivity index (χ3v) is 5.23. The summed E-state index contributed by atoms with van der Waals surface area (Å²) in [6, 6.07) is 12.3. The van der Waals surface area contributed by atoms with Crippen molar-refractivity contribution < 1.29 is 14.0 Å². The first-order valence-corrected chi connectivity index (χ1v) is 9.32. The molecule has 4 rings (SSSR count). The maximum absolute atomic E-state index is 13.5. The predicted molar refractivity (Wildman–Crippen MR) is 107 cm³/mol. The lowest BCUT2D eigenvalue weighted by molar-refractivity contribution is -0.118. The van der Waals surface area contributed by atoms with E-state index in [4.69, 9.17) is 0 Å². The second-order valence-corrected chi connectivity index (χ2v) is 7.31. The molecule has 148 valence electrons. The van der Waals surface area contributed by atoms with Crippen LogP contribution in [0.2, 0.25) is 0 Å². The normalized spacial score (nSPS) is 18.1. The van der Waals surface area contributed by atoms with Crippen LogP contribution in [0.25, 0.3) is 0 Å². The quantitative estimate of drug-likeness (QED) is 0.719. The number of nitrogens with zero attached hydrogens (tertiary/aromatic N) is 2. The number of hydrogen-bond donors (Lipinski definition) is 2. The van der Waals surface area contributed by atoms with Crippen molar-refractivity contribution in [2.45, 2.75) is 25.8 Å². The molecule has 1 aromatic heterocycles. The van der Waals surface area contributed by atoms with E-state index in [0.717, 1.165) is 22.4 Å². The molecular weight excluding hydrogens is 371 g/mol. The van der Waals surface area contributed by atoms with Gasteiger partial charge >= 0.3 is 0 Å². The van der Waals surface area contributed by atoms with Gasteiger partial charge in [-0.05, 0) is 43.7 Å². The van der Waals surface area contributed by atoms with Gasteiger partial charge in [0.05, 0.1) is 5.69 Å². The Morgan fingerprint density at radius 1 is 1.17 bits per heavy atom. The number of nitrogens with one attached hydrogen (secondary N) is 2. The number of carbonyl (C=O) groups is 2. The zero-order chi connectivity index (χ0) is 20.7. The number of fused-ring (bicyclic) bond motifs is 1. The molecular formula is C22H21FN4O2. The Kier molecular flexibility index (Phi) is 4.66. The van der Waals surface area contributed by atoms with Gasteiger partial charge in [-0.2, -0.15) is 5.10 Å². The smallest absolute Gasteiger partial charge is 0.251 e. The molecule has 29 heavy (non-hydrogen) atoms. The standard InChI is InChI=1S/C22H21FN4O2/c1-12-5-4-6-15(11-12)21(28)24-19-18(14-7-9-16(23)10-8-14)17-13(2)26-27(3)20(17)25-22(19)29/h4-11,18-19H,1-3H3,(H,24,28)(H,25,29)/t18-,19-/m1/s1. The number of aryl methyl sites for hydroxylation is 3. The first-order valence-electron chi connectivity index (χ1n) is 9.32. The van der Waals surface area contributed by atoms with E-state index in [-0.39, 0.29) is 17.6 Å². The molecule has 2 atom stereocenters. The van der Waals surface area contributed by atoms with E-state index >= 15 is 0 Å². The SMILES string of the molecule is Cc1cccc(C(=O)N[C@H]2C(=O)Nc3c(c(C)nn3C)[C@H]2c2ccc(F)cc2)c1. The topological polar surface area (TPSA) is 76.0 Å². The van der Waals surface area contributed by atoms with Crippen molar-refractivity contribution in [1.82, 2.24) is 15.1 Å². The largest absolute Gasteiger partial charge is 0.339 e. The van der Waals surface area contributed by atoms with Gasteiger partial charge < -0.3 is 10.6 Å². The summed E-state index contributed by atoms with van der Waals surface area (Å²) in [5.41, 5.74) is 3.71. The molecule has 0 saturated heterocycles. The van der Waals surface area contributed by atoms with Gasteiger partial charge in [-0.3, -0.25) is 14.3 Å². The molecule has 0 radical (unpaired) electrons. The number of halogens is 1. The third kappa shape index (κ3) is 3.40. The second-order valence-electron chi connectivity index (χ2n) is 7.31. The van der Waals surface area contributed by atoms with E-state index < -0.39 is 12.0 Å². The average Bonchev–Trinajstić information content (AvgIpc) is 2.96. The van der Waals surface area contributed by atoms with Gasteiger partial charge in [0.15, 0.2) is 0 Å². The van der Waals surface area contributed by atoms with Gasteiger partial charge in [0.25, 0.3) is 5.91 Å². The highest BCUT2D eigenvalue weighted by atomic mass is 19.1. The Hall–Kier alpha value is -3.48. The molecule has 0 saturated carbocycles. The van der Waals surface area contributed by atoms with Crippen molar-refractivity contribution in [3.05, 3.63) is 82.3 Å². The number of amides is 2. The van der Waals surface area contributed by atoms with Crippen LogP contribution in [-0.2, 0) is 11.8 Å². The number of benzene rings is 2. The average molecular weight is 392 g/mol. The number of hydrogen-bond acceptors (Lipinski definition) is 3. The van der Waals surface area contributed by atoms with Crippen molar-refractivity contribution in [3.63, 3.8) is 0 Å². The lowest BCUT2D eigenvalue weighted by atomic mass is 9.82. The molecule has 0 aliphatic carbocycles. The first kappa shape index (κ1) is 18.9. The Balaban J connectivity index is 1.78. The van der Waals surface area contributed by atoms with Crippen molar-refractivity contribution in [2.24, 2.45) is 7.05 Å². The predicted octanol–water partition coefficient (Wildman–Crippen LogP) is 3.06. The van der Waals surface area contributed by atoms with Gasteiger partial charge in [-0.1, -0.05) is 29.8 Å². The maximum atomic E-state index is 13.5. The minimum atomic E-state index is -0.858. The summed E-state index contributed by atoms with van der Waals surface area (Å²) in [4.78, 5) is 25.8. The molecule has 1 aliphatic rings. The van der Waals surface area contributed by atoms with Crippen molar-refractivity contribution in [1.29, 1.82) is 0 Å². The van der Waals surface area contributed by atoms with E-state index in [2.05, 4.69) is 15.7 Å². The molecule has 2 aromatic carbocycles. The Bertz CT molecular complexity index is 1100. The molecule has 3 aromatic rings. The van der Waals surface area contributed by atoms with Gasteiger partial charge in [-0.25, -0.2) is 4.39 Å². The summed E-state index contributed by atoms with van der Waals surface area (Å²) >= 11 is 0. The van der Waals surface area contributed by atoms with Gasteiger partial charge in [0.1, 0.15) is 17.7 Å². The lowest BCUT2D eigenvalue weighted by Crippen LogP contribution is -2.50. The minimum Gasteiger partial charge on any atom is -0.339 e. The van der Waals surface area contributed by atoms with Gasteiger partial charge in [-0.15, -0.1) is 0 Å². The van der Waals surface area contributed by atoms with E-state index in [9.17, 15) is 14.0 Å². The van der Waals surface area contributed by atoms with Crippen LogP contribution < -0.4 is 10.6 Å². The number of rotatable bonds is 3. The van der Waals surface area contributed by atoms with Crippen LogP contribution in [-0.4, -0.2) is 27.6 Å². The van der Waals surface area contributed by atoms with Crippen LogP contribution >= 0.6 is 0 Å². The zero-order valence-corrected chi connectivity index (χ0v) is 16.4. The summed E-state index contributed by atoms with van der Waals surface area (Å²) in [6.07, 6.45) is 0. The Morgan fingerprint density at radius 2 is 1.90 bits per heavy atom. The number of carbonyl (C=O) groups excluding carboxylic acids is 2. The third-order valence-electron chi connectivity index (χ3n) is 5.23. The lowest BCUT2D eigenvalue weighted by Gasteiger charge is -2.32. The van der Waals surface area contributed by atoms with E-state index in [0.29, 0.717) is 11.4 Å². The highest BCUT2D eigenvalue weighted by Gasteiger charge is 2.41. The van der Waals surface area contributed by atoms with Crippen LogP contribution in [0.1, 0.15) is 38.7 Å². The fraction of sp³-hybridized carbons (Fsp3) is 0.227. The molecule has 2 N–H and O–H groups in total. The number of anilines is 1. The Labute approximate surface area is 167 Å². The molecule has 2 heterocycles. The molecule has 0 bridgehead atoms. The van der Waals surface area contributed by atoms with Crippen molar-refractivity contribution in [3.8, 4) is 0 Å². The summed E-state index contributed by atoms with van der Waals surface area (Å²) in [6.45, 7) is 3.75. The second kappa shape index (κ2) is 7.16. The molecule has 0 unspecified atom stereocenters. The molecule has 7 heteroatoms. The van der Waals surface area contributed by atoms with Crippen LogP contribution in [0, 0.1) is 19.7 Å².